The molecule has 0 unspecified atom stereocenters. The Morgan fingerprint density at radius 2 is 2.00 bits per heavy atom. The van der Waals surface area contributed by atoms with E-state index in [1.807, 2.05) is 30.3 Å². The Kier molecular flexibility index (Phi) is 3.77. The summed E-state index contributed by atoms with van der Waals surface area (Å²) in [6.07, 6.45) is 0.791. The van der Waals surface area contributed by atoms with Gasteiger partial charge in [0.1, 0.15) is 0 Å². The third-order valence-corrected chi connectivity index (χ3v) is 2.49. The van der Waals surface area contributed by atoms with Crippen LogP contribution >= 0.6 is 0 Å². The van der Waals surface area contributed by atoms with Crippen LogP contribution in [0.5, 0.6) is 0 Å². The molecule has 0 radical (unpaired) electrons. The molecular weight excluding hydrogens is 206 g/mol. The predicted octanol–water partition coefficient (Wildman–Crippen LogP) is 2.00. The highest BCUT2D eigenvalue weighted by molar-refractivity contribution is 5.68. The van der Waals surface area contributed by atoms with E-state index in [1.54, 1.807) is 4.90 Å². The zero-order chi connectivity index (χ0) is 11.2. The summed E-state index contributed by atoms with van der Waals surface area (Å²) < 4.78 is 10.2. The van der Waals surface area contributed by atoms with Crippen LogP contribution in [0.25, 0.3) is 0 Å². The van der Waals surface area contributed by atoms with Gasteiger partial charge in [-0.1, -0.05) is 30.3 Å². The number of hydrogen-bond acceptors (Lipinski definition) is 3. The molecule has 86 valence electrons. The number of benzene rings is 1. The van der Waals surface area contributed by atoms with Crippen molar-refractivity contribution in [3.05, 3.63) is 35.9 Å². The Morgan fingerprint density at radius 1 is 1.25 bits per heavy atom. The van der Waals surface area contributed by atoms with E-state index in [1.165, 1.54) is 0 Å². The standard InChI is InChI=1S/C12H15NO3/c14-12(13-7-4-8-13)16-10-15-9-11-5-2-1-3-6-11/h1-3,5-6H,4,7-10H2. The molecule has 1 saturated heterocycles. The number of likely N-dealkylation sites (tertiary alicyclic amines) is 1. The molecule has 4 nitrogen and oxygen atoms in total. The number of carbonyl (C=O) groups is 1. The summed E-state index contributed by atoms with van der Waals surface area (Å²) in [5, 5.41) is 0. The molecule has 1 heterocycles. The highest BCUT2D eigenvalue weighted by atomic mass is 16.7. The number of ether oxygens (including phenoxy) is 2. The molecule has 0 N–H and O–H groups in total. The van der Waals surface area contributed by atoms with Gasteiger partial charge in [-0.2, -0.15) is 0 Å². The normalized spacial score (nSPS) is 14.4. The minimum absolute atomic E-state index is 0.0181. The first-order valence-corrected chi connectivity index (χ1v) is 5.39. The first-order valence-electron chi connectivity index (χ1n) is 5.39. The van der Waals surface area contributed by atoms with Gasteiger partial charge in [-0.3, -0.25) is 0 Å². The van der Waals surface area contributed by atoms with Gasteiger partial charge in [0.15, 0.2) is 6.79 Å². The third-order valence-electron chi connectivity index (χ3n) is 2.49. The number of amides is 1. The van der Waals surface area contributed by atoms with E-state index in [2.05, 4.69) is 0 Å². The monoisotopic (exact) mass is 221 g/mol. The lowest BCUT2D eigenvalue weighted by Crippen LogP contribution is -2.42. The van der Waals surface area contributed by atoms with Crippen LogP contribution < -0.4 is 0 Å². The van der Waals surface area contributed by atoms with Crippen molar-refractivity contribution in [3.8, 4) is 0 Å². The summed E-state index contributed by atoms with van der Waals surface area (Å²) in [6, 6.07) is 9.79. The van der Waals surface area contributed by atoms with E-state index in [4.69, 9.17) is 9.47 Å². The van der Waals surface area contributed by atoms with Crippen LogP contribution in [0.3, 0.4) is 0 Å². The summed E-state index contributed by atoms with van der Waals surface area (Å²) >= 11 is 0. The molecule has 1 aliphatic heterocycles. The van der Waals surface area contributed by atoms with E-state index in [0.29, 0.717) is 6.61 Å². The molecule has 2 rings (SSSR count). The minimum atomic E-state index is -0.278. The average molecular weight is 221 g/mol. The van der Waals surface area contributed by atoms with Crippen LogP contribution in [-0.4, -0.2) is 30.9 Å². The second kappa shape index (κ2) is 5.51. The Hall–Kier alpha value is -1.55. The summed E-state index contributed by atoms with van der Waals surface area (Å²) in [4.78, 5) is 12.9. The van der Waals surface area contributed by atoms with Crippen molar-refractivity contribution < 1.29 is 14.3 Å². The van der Waals surface area contributed by atoms with Crippen LogP contribution in [0.15, 0.2) is 30.3 Å². The summed E-state index contributed by atoms with van der Waals surface area (Å²) in [5.74, 6) is 0. The van der Waals surface area contributed by atoms with Gasteiger partial charge in [0, 0.05) is 13.1 Å². The lowest BCUT2D eigenvalue weighted by Gasteiger charge is -2.29. The molecule has 0 bridgehead atoms. The Balaban J connectivity index is 1.60. The van der Waals surface area contributed by atoms with Gasteiger partial charge in [-0.15, -0.1) is 0 Å². The zero-order valence-electron chi connectivity index (χ0n) is 9.09. The first-order chi connectivity index (χ1) is 7.86. The Labute approximate surface area is 94.8 Å². The third kappa shape index (κ3) is 2.97. The average Bonchev–Trinajstić information content (AvgIpc) is 2.23. The topological polar surface area (TPSA) is 38.8 Å². The fourth-order valence-corrected chi connectivity index (χ4v) is 1.42. The lowest BCUT2D eigenvalue weighted by atomic mass is 10.2. The number of hydrogen-bond donors (Lipinski definition) is 0. The van der Waals surface area contributed by atoms with Crippen LogP contribution in [0.2, 0.25) is 0 Å². The van der Waals surface area contributed by atoms with Gasteiger partial charge < -0.3 is 14.4 Å². The minimum Gasteiger partial charge on any atom is -0.422 e. The molecule has 1 aromatic rings. The molecule has 0 spiro atoms. The molecule has 4 heteroatoms. The summed E-state index contributed by atoms with van der Waals surface area (Å²) in [6.45, 7) is 2.09. The van der Waals surface area contributed by atoms with E-state index in [9.17, 15) is 4.79 Å². The maximum atomic E-state index is 11.3. The molecule has 16 heavy (non-hydrogen) atoms. The van der Waals surface area contributed by atoms with Crippen molar-refractivity contribution >= 4 is 6.09 Å². The Bertz CT molecular complexity index is 335. The van der Waals surface area contributed by atoms with Crippen molar-refractivity contribution in [1.82, 2.24) is 4.90 Å². The first kappa shape index (κ1) is 11.0. The van der Waals surface area contributed by atoms with Crippen molar-refractivity contribution in [3.63, 3.8) is 0 Å². The second-order valence-electron chi connectivity index (χ2n) is 3.70. The fourth-order valence-electron chi connectivity index (χ4n) is 1.42. The predicted molar refractivity (Wildman–Crippen MR) is 58.8 cm³/mol. The van der Waals surface area contributed by atoms with Gasteiger partial charge >= 0.3 is 6.09 Å². The summed E-state index contributed by atoms with van der Waals surface area (Å²) in [5.41, 5.74) is 1.07. The molecule has 0 saturated carbocycles. The smallest absolute Gasteiger partial charge is 0.411 e. The lowest BCUT2D eigenvalue weighted by molar-refractivity contribution is -0.0401. The second-order valence-corrected chi connectivity index (χ2v) is 3.70. The number of rotatable bonds is 4. The van der Waals surface area contributed by atoms with E-state index < -0.39 is 0 Å². The largest absolute Gasteiger partial charge is 0.422 e. The fraction of sp³-hybridized carbons (Fsp3) is 0.417. The SMILES string of the molecule is O=C(OCOCc1ccccc1)N1CCC1. The van der Waals surface area contributed by atoms with Crippen molar-refractivity contribution in [2.24, 2.45) is 0 Å². The number of nitrogens with zero attached hydrogens (tertiary/aromatic N) is 1. The molecule has 1 aromatic carbocycles. The van der Waals surface area contributed by atoms with Crippen LogP contribution in [0.1, 0.15) is 12.0 Å². The highest BCUT2D eigenvalue weighted by Crippen LogP contribution is 2.07. The maximum Gasteiger partial charge on any atom is 0.411 e. The molecule has 1 amide bonds. The quantitative estimate of drug-likeness (QED) is 0.576. The Morgan fingerprint density at radius 3 is 2.62 bits per heavy atom. The molecule has 1 fully saturated rings. The van der Waals surface area contributed by atoms with Gasteiger partial charge in [-0.25, -0.2) is 4.79 Å². The van der Waals surface area contributed by atoms with E-state index in [-0.39, 0.29) is 12.9 Å². The molecule has 0 atom stereocenters. The van der Waals surface area contributed by atoms with Crippen molar-refractivity contribution in [2.45, 2.75) is 13.0 Å². The van der Waals surface area contributed by atoms with E-state index >= 15 is 0 Å². The molecular formula is C12H15NO3. The molecule has 0 aromatic heterocycles. The van der Waals surface area contributed by atoms with Gasteiger partial charge in [0.25, 0.3) is 0 Å². The summed E-state index contributed by atoms with van der Waals surface area (Å²) in [7, 11) is 0. The van der Waals surface area contributed by atoms with Crippen LogP contribution in [-0.2, 0) is 16.1 Å². The van der Waals surface area contributed by atoms with Gasteiger partial charge in [0.2, 0.25) is 0 Å². The molecule has 0 aliphatic carbocycles. The van der Waals surface area contributed by atoms with Crippen molar-refractivity contribution in [1.29, 1.82) is 0 Å². The van der Waals surface area contributed by atoms with Crippen molar-refractivity contribution in [2.75, 3.05) is 19.9 Å². The van der Waals surface area contributed by atoms with Gasteiger partial charge in [-0.05, 0) is 12.0 Å². The highest BCUT2D eigenvalue weighted by Gasteiger charge is 2.21. The van der Waals surface area contributed by atoms with Gasteiger partial charge in [0.05, 0.1) is 6.61 Å². The molecule has 1 aliphatic rings. The van der Waals surface area contributed by atoms with Crippen LogP contribution in [0.4, 0.5) is 4.79 Å². The zero-order valence-corrected chi connectivity index (χ0v) is 9.09. The van der Waals surface area contributed by atoms with Crippen LogP contribution in [0, 0.1) is 0 Å². The number of carbonyl (C=O) groups excluding carboxylic acids is 1. The maximum absolute atomic E-state index is 11.3. The van der Waals surface area contributed by atoms with E-state index in [0.717, 1.165) is 25.1 Å².